The van der Waals surface area contributed by atoms with Crippen LogP contribution >= 0.6 is 11.6 Å². The zero-order chi connectivity index (χ0) is 20.8. The van der Waals surface area contributed by atoms with E-state index in [9.17, 15) is 9.59 Å². The number of H-pyrrole nitrogens is 1. The molecule has 0 fully saturated rings. The van der Waals surface area contributed by atoms with Crippen molar-refractivity contribution in [2.24, 2.45) is 0 Å². The zero-order valence-electron chi connectivity index (χ0n) is 16.1. The second-order valence-corrected chi connectivity index (χ2v) is 7.72. The lowest BCUT2D eigenvalue weighted by Crippen LogP contribution is -2.33. The lowest BCUT2D eigenvalue weighted by molar-refractivity contribution is 0.908. The number of hydrogen-bond donors (Lipinski definition) is 1. The van der Waals surface area contributed by atoms with Crippen molar-refractivity contribution in [1.82, 2.24) is 9.55 Å². The average molecular weight is 413 g/mol. The molecule has 1 aromatic heterocycles. The van der Waals surface area contributed by atoms with Gasteiger partial charge in [0.15, 0.2) is 0 Å². The summed E-state index contributed by atoms with van der Waals surface area (Å²) in [5.74, 6) is 0. The van der Waals surface area contributed by atoms with Crippen LogP contribution in [0.2, 0.25) is 5.02 Å². The Morgan fingerprint density at radius 2 is 1.63 bits per heavy atom. The van der Waals surface area contributed by atoms with E-state index in [1.807, 2.05) is 67.6 Å². The van der Waals surface area contributed by atoms with Gasteiger partial charge in [-0.2, -0.15) is 0 Å². The number of rotatable bonds is 2. The van der Waals surface area contributed by atoms with Gasteiger partial charge in [0.05, 0.1) is 16.6 Å². The number of halogens is 1. The van der Waals surface area contributed by atoms with Crippen LogP contribution in [0.5, 0.6) is 0 Å². The van der Waals surface area contributed by atoms with E-state index in [0.29, 0.717) is 21.6 Å². The Hall–Kier alpha value is -3.63. The molecule has 0 amide bonds. The van der Waals surface area contributed by atoms with Gasteiger partial charge in [0.25, 0.3) is 5.56 Å². The molecule has 0 atom stereocenters. The van der Waals surface area contributed by atoms with Crippen molar-refractivity contribution in [1.29, 1.82) is 0 Å². The van der Waals surface area contributed by atoms with E-state index in [4.69, 9.17) is 11.6 Å². The number of benzene rings is 4. The first-order valence-electron chi connectivity index (χ1n) is 9.57. The monoisotopic (exact) mass is 412 g/mol. The van der Waals surface area contributed by atoms with Crippen LogP contribution in [0.3, 0.4) is 0 Å². The lowest BCUT2D eigenvalue weighted by Gasteiger charge is -2.11. The number of fused-ring (bicyclic) bond motifs is 2. The van der Waals surface area contributed by atoms with E-state index in [2.05, 4.69) is 4.98 Å². The molecule has 0 bridgehead atoms. The lowest BCUT2D eigenvalue weighted by atomic mass is 10.0. The number of aryl methyl sites for hydroxylation is 1. The third kappa shape index (κ3) is 2.93. The molecule has 0 unspecified atom stereocenters. The van der Waals surface area contributed by atoms with Crippen LogP contribution in [0.15, 0.2) is 88.5 Å². The first-order valence-corrected chi connectivity index (χ1v) is 9.94. The number of aromatic amines is 1. The Kier molecular flexibility index (Phi) is 4.30. The van der Waals surface area contributed by atoms with Gasteiger partial charge in [-0.1, -0.05) is 66.2 Å². The molecule has 5 aromatic rings. The Balaban J connectivity index is 1.75. The van der Waals surface area contributed by atoms with Gasteiger partial charge in [0, 0.05) is 16.0 Å². The van der Waals surface area contributed by atoms with E-state index < -0.39 is 5.69 Å². The molecule has 1 heterocycles. The Morgan fingerprint density at radius 1 is 0.833 bits per heavy atom. The first-order chi connectivity index (χ1) is 14.5. The highest BCUT2D eigenvalue weighted by Crippen LogP contribution is 2.30. The van der Waals surface area contributed by atoms with Crippen molar-refractivity contribution in [2.75, 3.05) is 0 Å². The summed E-state index contributed by atoms with van der Waals surface area (Å²) in [5, 5.41) is 2.87. The average Bonchev–Trinajstić information content (AvgIpc) is 2.73. The van der Waals surface area contributed by atoms with Gasteiger partial charge in [-0.25, -0.2) is 9.36 Å². The van der Waals surface area contributed by atoms with Gasteiger partial charge in [-0.15, -0.1) is 0 Å². The molecule has 0 saturated heterocycles. The SMILES string of the molecule is Cc1ccc(-c2ccc3c(=O)n(-c4cccc5ccccc45)c(=O)[nH]c3c2)c(Cl)c1. The van der Waals surface area contributed by atoms with E-state index in [1.165, 1.54) is 4.57 Å². The van der Waals surface area contributed by atoms with Crippen molar-refractivity contribution < 1.29 is 0 Å². The molecule has 1 N–H and O–H groups in total. The van der Waals surface area contributed by atoms with Crippen LogP contribution in [0.1, 0.15) is 5.56 Å². The summed E-state index contributed by atoms with van der Waals surface area (Å²) in [6.07, 6.45) is 0. The van der Waals surface area contributed by atoms with E-state index in [1.54, 1.807) is 18.2 Å². The first kappa shape index (κ1) is 18.4. The second kappa shape index (κ2) is 7.01. The molecule has 5 rings (SSSR count). The maximum absolute atomic E-state index is 13.3. The molecule has 146 valence electrons. The fourth-order valence-electron chi connectivity index (χ4n) is 3.86. The van der Waals surface area contributed by atoms with Crippen LogP contribution in [0.25, 0.3) is 38.5 Å². The molecule has 30 heavy (non-hydrogen) atoms. The Bertz CT molecular complexity index is 1560. The van der Waals surface area contributed by atoms with E-state index in [-0.39, 0.29) is 5.56 Å². The molecule has 0 aliphatic carbocycles. The van der Waals surface area contributed by atoms with Crippen molar-refractivity contribution in [3.8, 4) is 16.8 Å². The molecule has 4 aromatic carbocycles. The van der Waals surface area contributed by atoms with Crippen LogP contribution < -0.4 is 11.2 Å². The van der Waals surface area contributed by atoms with Gasteiger partial charge in [-0.05, 0) is 47.7 Å². The normalized spacial score (nSPS) is 11.3. The second-order valence-electron chi connectivity index (χ2n) is 7.31. The predicted octanol–water partition coefficient (Wildman–Crippen LogP) is 5.46. The molecular formula is C25H17ClN2O2. The quantitative estimate of drug-likeness (QED) is 0.418. The van der Waals surface area contributed by atoms with Crippen molar-refractivity contribution >= 4 is 33.3 Å². The fraction of sp³-hybridized carbons (Fsp3) is 0.0400. The summed E-state index contributed by atoms with van der Waals surface area (Å²) >= 11 is 6.40. The third-order valence-corrected chi connectivity index (χ3v) is 5.65. The van der Waals surface area contributed by atoms with Gasteiger partial charge in [0.2, 0.25) is 0 Å². The maximum Gasteiger partial charge on any atom is 0.333 e. The minimum Gasteiger partial charge on any atom is -0.306 e. The third-order valence-electron chi connectivity index (χ3n) is 5.34. The number of nitrogens with zero attached hydrogens (tertiary/aromatic N) is 1. The zero-order valence-corrected chi connectivity index (χ0v) is 16.9. The summed E-state index contributed by atoms with van der Waals surface area (Å²) in [5.41, 5.74) is 2.97. The highest BCUT2D eigenvalue weighted by molar-refractivity contribution is 6.33. The predicted molar refractivity (Wildman–Crippen MR) is 123 cm³/mol. The molecule has 0 saturated carbocycles. The summed E-state index contributed by atoms with van der Waals surface area (Å²) in [4.78, 5) is 29.1. The van der Waals surface area contributed by atoms with Gasteiger partial charge >= 0.3 is 5.69 Å². The molecule has 0 spiro atoms. The molecule has 0 aliphatic rings. The topological polar surface area (TPSA) is 54.9 Å². The van der Waals surface area contributed by atoms with Crippen LogP contribution in [0.4, 0.5) is 0 Å². The minimum atomic E-state index is -0.476. The fourth-order valence-corrected chi connectivity index (χ4v) is 4.21. The number of nitrogens with one attached hydrogen (secondary N) is 1. The van der Waals surface area contributed by atoms with E-state index in [0.717, 1.165) is 27.5 Å². The maximum atomic E-state index is 13.3. The molecular weight excluding hydrogens is 396 g/mol. The summed E-state index contributed by atoms with van der Waals surface area (Å²) in [6, 6.07) is 24.5. The van der Waals surface area contributed by atoms with Crippen LogP contribution in [0, 0.1) is 6.92 Å². The van der Waals surface area contributed by atoms with Gasteiger partial charge in [-0.3, -0.25) is 4.79 Å². The highest BCUT2D eigenvalue weighted by atomic mass is 35.5. The molecule has 0 radical (unpaired) electrons. The number of hydrogen-bond acceptors (Lipinski definition) is 2. The smallest absolute Gasteiger partial charge is 0.306 e. The van der Waals surface area contributed by atoms with Crippen molar-refractivity contribution in [3.05, 3.63) is 110 Å². The van der Waals surface area contributed by atoms with Gasteiger partial charge < -0.3 is 4.98 Å². The largest absolute Gasteiger partial charge is 0.333 e. The van der Waals surface area contributed by atoms with Gasteiger partial charge in [0.1, 0.15) is 0 Å². The van der Waals surface area contributed by atoms with Crippen LogP contribution in [-0.2, 0) is 0 Å². The van der Waals surface area contributed by atoms with E-state index >= 15 is 0 Å². The summed E-state index contributed by atoms with van der Waals surface area (Å²) in [6.45, 7) is 1.98. The molecule has 5 heteroatoms. The standard InChI is InChI=1S/C25H17ClN2O2/c1-15-9-11-18(21(26)13-15)17-10-12-20-22(14-17)27-25(30)28(24(20)29)23-8-4-6-16-5-2-3-7-19(16)23/h2-14H,1H3,(H,27,30). The Labute approximate surface area is 177 Å². The highest BCUT2D eigenvalue weighted by Gasteiger charge is 2.13. The number of aromatic nitrogens is 2. The van der Waals surface area contributed by atoms with Crippen molar-refractivity contribution in [2.45, 2.75) is 6.92 Å². The van der Waals surface area contributed by atoms with Crippen LogP contribution in [-0.4, -0.2) is 9.55 Å². The minimum absolute atomic E-state index is 0.355. The summed E-state index contributed by atoms with van der Waals surface area (Å²) in [7, 11) is 0. The molecule has 0 aliphatic heterocycles. The Morgan fingerprint density at radius 3 is 2.47 bits per heavy atom. The summed E-state index contributed by atoms with van der Waals surface area (Å²) < 4.78 is 1.20. The molecule has 4 nitrogen and oxygen atoms in total. The van der Waals surface area contributed by atoms with Crippen molar-refractivity contribution in [3.63, 3.8) is 0 Å².